The highest BCUT2D eigenvalue weighted by molar-refractivity contribution is 6.29. The van der Waals surface area contributed by atoms with E-state index in [1.54, 1.807) is 18.3 Å². The lowest BCUT2D eigenvalue weighted by molar-refractivity contribution is 0.599. The van der Waals surface area contributed by atoms with Gasteiger partial charge >= 0.3 is 5.69 Å². The van der Waals surface area contributed by atoms with E-state index >= 15 is 0 Å². The van der Waals surface area contributed by atoms with Crippen molar-refractivity contribution in [2.24, 2.45) is 0 Å². The number of aromatic nitrogens is 3. The Bertz CT molecular complexity index is 658. The summed E-state index contributed by atoms with van der Waals surface area (Å²) < 4.78 is 2.65. The van der Waals surface area contributed by atoms with Gasteiger partial charge in [-0.15, -0.1) is 0 Å². The summed E-state index contributed by atoms with van der Waals surface area (Å²) in [5.41, 5.74) is 0.118. The molecule has 0 aromatic carbocycles. The first kappa shape index (κ1) is 12.6. The fourth-order valence-corrected chi connectivity index (χ4v) is 1.74. The van der Waals surface area contributed by atoms with Gasteiger partial charge < -0.3 is 4.57 Å². The van der Waals surface area contributed by atoms with E-state index in [9.17, 15) is 9.59 Å². The van der Waals surface area contributed by atoms with Crippen LogP contribution in [-0.2, 0) is 13.1 Å². The molecule has 0 aliphatic rings. The molecule has 0 radical (unpaired) electrons. The van der Waals surface area contributed by atoms with Crippen LogP contribution in [-0.4, -0.2) is 14.1 Å². The van der Waals surface area contributed by atoms with E-state index in [4.69, 9.17) is 11.6 Å². The third kappa shape index (κ3) is 2.51. The van der Waals surface area contributed by atoms with E-state index in [-0.39, 0.29) is 17.8 Å². The molecule has 0 unspecified atom stereocenters. The Balaban J connectivity index is 2.43. The van der Waals surface area contributed by atoms with Crippen LogP contribution in [0.3, 0.4) is 0 Å². The fraction of sp³-hybridized carbons (Fsp3) is 0.250. The Morgan fingerprint density at radius 3 is 2.67 bits per heavy atom. The lowest BCUT2D eigenvalue weighted by Gasteiger charge is -2.07. The second kappa shape index (κ2) is 5.18. The molecular weight excluding hydrogens is 254 g/mol. The first-order valence-electron chi connectivity index (χ1n) is 5.52. The van der Waals surface area contributed by atoms with Crippen LogP contribution in [0.1, 0.15) is 12.5 Å². The molecule has 0 atom stereocenters. The molecule has 0 saturated carbocycles. The molecule has 0 aliphatic carbocycles. The first-order valence-corrected chi connectivity index (χ1v) is 5.90. The molecule has 2 aromatic heterocycles. The molecule has 2 heterocycles. The molecule has 2 rings (SSSR count). The number of hydrogen-bond donors (Lipinski definition) is 0. The molecule has 0 spiro atoms. The molecule has 2 aromatic rings. The number of rotatable bonds is 3. The minimum absolute atomic E-state index is 0.197. The lowest BCUT2D eigenvalue weighted by Crippen LogP contribution is -2.38. The van der Waals surface area contributed by atoms with Crippen LogP contribution in [0.5, 0.6) is 0 Å². The molecular formula is C12H12ClN3O2. The van der Waals surface area contributed by atoms with Crippen molar-refractivity contribution in [3.05, 3.63) is 62.1 Å². The summed E-state index contributed by atoms with van der Waals surface area (Å²) in [5.74, 6) is 0. The van der Waals surface area contributed by atoms with E-state index < -0.39 is 0 Å². The zero-order valence-electron chi connectivity index (χ0n) is 9.84. The van der Waals surface area contributed by atoms with Gasteiger partial charge in [-0.05, 0) is 18.6 Å². The van der Waals surface area contributed by atoms with E-state index in [2.05, 4.69) is 4.98 Å². The molecule has 5 nitrogen and oxygen atoms in total. The smallest absolute Gasteiger partial charge is 0.301 e. The van der Waals surface area contributed by atoms with Gasteiger partial charge in [-0.1, -0.05) is 17.7 Å². The van der Waals surface area contributed by atoms with Crippen molar-refractivity contribution in [1.29, 1.82) is 0 Å². The van der Waals surface area contributed by atoms with Gasteiger partial charge in [0.25, 0.3) is 5.56 Å². The van der Waals surface area contributed by atoms with E-state index in [0.29, 0.717) is 11.7 Å². The van der Waals surface area contributed by atoms with Gasteiger partial charge in [-0.25, -0.2) is 9.78 Å². The van der Waals surface area contributed by atoms with Gasteiger partial charge in [-0.3, -0.25) is 9.36 Å². The average molecular weight is 266 g/mol. The lowest BCUT2D eigenvalue weighted by atomic mass is 10.3. The summed E-state index contributed by atoms with van der Waals surface area (Å²) in [7, 11) is 0. The van der Waals surface area contributed by atoms with Crippen molar-refractivity contribution in [2.75, 3.05) is 0 Å². The summed E-state index contributed by atoms with van der Waals surface area (Å²) in [4.78, 5) is 27.6. The van der Waals surface area contributed by atoms with Crippen LogP contribution >= 0.6 is 11.6 Å². The fourth-order valence-electron chi connectivity index (χ4n) is 1.63. The third-order valence-electron chi connectivity index (χ3n) is 2.61. The number of aryl methyl sites for hydroxylation is 1. The van der Waals surface area contributed by atoms with E-state index in [0.717, 1.165) is 5.56 Å². The van der Waals surface area contributed by atoms with E-state index in [1.807, 2.05) is 6.92 Å². The Labute approximate surface area is 108 Å². The molecule has 18 heavy (non-hydrogen) atoms. The summed E-state index contributed by atoms with van der Waals surface area (Å²) in [6.45, 7) is 2.57. The molecule has 0 amide bonds. The number of pyridine rings is 1. The van der Waals surface area contributed by atoms with Crippen molar-refractivity contribution in [2.45, 2.75) is 20.0 Å². The van der Waals surface area contributed by atoms with E-state index in [1.165, 1.54) is 21.4 Å². The Kier molecular flexibility index (Phi) is 3.62. The van der Waals surface area contributed by atoms with Gasteiger partial charge in [0.05, 0.1) is 6.54 Å². The van der Waals surface area contributed by atoms with Crippen molar-refractivity contribution >= 4 is 11.6 Å². The maximum atomic E-state index is 12.0. The second-order valence-electron chi connectivity index (χ2n) is 3.80. The van der Waals surface area contributed by atoms with Crippen molar-refractivity contribution < 1.29 is 0 Å². The first-order chi connectivity index (χ1) is 8.61. The molecule has 6 heteroatoms. The molecule has 0 bridgehead atoms. The van der Waals surface area contributed by atoms with Crippen LogP contribution in [0.25, 0.3) is 0 Å². The SMILES string of the molecule is CCn1ccc(=O)n(Cc2ccc(Cl)nc2)c1=O. The second-order valence-corrected chi connectivity index (χ2v) is 4.19. The van der Waals surface area contributed by atoms with Crippen molar-refractivity contribution in [1.82, 2.24) is 14.1 Å². The summed E-state index contributed by atoms with van der Waals surface area (Å²) in [6, 6.07) is 4.75. The standard InChI is InChI=1S/C12H12ClN3O2/c1-2-15-6-5-11(17)16(12(15)18)8-9-3-4-10(13)14-7-9/h3-7H,2,8H2,1H3. The minimum atomic E-state index is -0.320. The number of halogens is 1. The molecule has 0 fully saturated rings. The molecule has 0 N–H and O–H groups in total. The number of hydrogen-bond acceptors (Lipinski definition) is 3. The minimum Gasteiger partial charge on any atom is -0.301 e. The van der Waals surface area contributed by atoms with Gasteiger partial charge in [0.15, 0.2) is 0 Å². The van der Waals surface area contributed by atoms with Crippen LogP contribution in [0, 0.1) is 0 Å². The summed E-state index contributed by atoms with van der Waals surface area (Å²) in [5, 5.41) is 0.380. The largest absolute Gasteiger partial charge is 0.331 e. The Morgan fingerprint density at radius 1 is 1.28 bits per heavy atom. The highest BCUT2D eigenvalue weighted by atomic mass is 35.5. The zero-order chi connectivity index (χ0) is 13.1. The third-order valence-corrected chi connectivity index (χ3v) is 2.83. The maximum Gasteiger partial charge on any atom is 0.331 e. The molecule has 94 valence electrons. The predicted octanol–water partition coefficient (Wildman–Crippen LogP) is 1.13. The van der Waals surface area contributed by atoms with Crippen molar-refractivity contribution in [3.8, 4) is 0 Å². The quantitative estimate of drug-likeness (QED) is 0.782. The normalized spacial score (nSPS) is 10.6. The monoisotopic (exact) mass is 265 g/mol. The Hall–Kier alpha value is -1.88. The topological polar surface area (TPSA) is 56.9 Å². The highest BCUT2D eigenvalue weighted by Crippen LogP contribution is 2.05. The van der Waals surface area contributed by atoms with Crippen LogP contribution < -0.4 is 11.2 Å². The predicted molar refractivity (Wildman–Crippen MR) is 69.0 cm³/mol. The van der Waals surface area contributed by atoms with Crippen LogP contribution in [0.4, 0.5) is 0 Å². The summed E-state index contributed by atoms with van der Waals surface area (Å²) in [6.07, 6.45) is 3.05. The van der Waals surface area contributed by atoms with Gasteiger partial charge in [0.2, 0.25) is 0 Å². The number of nitrogens with zero attached hydrogens (tertiary/aromatic N) is 3. The van der Waals surface area contributed by atoms with Crippen molar-refractivity contribution in [3.63, 3.8) is 0 Å². The summed E-state index contributed by atoms with van der Waals surface area (Å²) >= 11 is 5.68. The average Bonchev–Trinajstić information content (AvgIpc) is 2.37. The van der Waals surface area contributed by atoms with Crippen LogP contribution in [0.15, 0.2) is 40.2 Å². The Morgan fingerprint density at radius 2 is 2.06 bits per heavy atom. The highest BCUT2D eigenvalue weighted by Gasteiger charge is 2.05. The molecule has 0 aliphatic heterocycles. The maximum absolute atomic E-state index is 12.0. The van der Waals surface area contributed by atoms with Gasteiger partial charge in [-0.2, -0.15) is 0 Å². The van der Waals surface area contributed by atoms with Crippen LogP contribution in [0.2, 0.25) is 5.15 Å². The van der Waals surface area contributed by atoms with Gasteiger partial charge in [0, 0.05) is 25.0 Å². The van der Waals surface area contributed by atoms with Gasteiger partial charge in [0.1, 0.15) is 5.15 Å². The zero-order valence-corrected chi connectivity index (χ0v) is 10.6. The molecule has 0 saturated heterocycles.